The Hall–Kier alpha value is -1.70. The molecule has 1 aromatic rings. The quantitative estimate of drug-likeness (QED) is 0.657. The number of hydrazine groups is 1. The third-order valence-electron chi connectivity index (χ3n) is 3.54. The average Bonchev–Trinajstić information content (AvgIpc) is 3.04. The first-order valence-corrected chi connectivity index (χ1v) is 7.68. The maximum atomic E-state index is 11.8. The molecule has 0 aromatic heterocycles. The summed E-state index contributed by atoms with van der Waals surface area (Å²) < 4.78 is 11.0. The molecule has 1 aromatic carbocycles. The molecular formula is C14H19ClN4O3. The van der Waals surface area contributed by atoms with Crippen molar-refractivity contribution in [3.05, 3.63) is 22.7 Å². The van der Waals surface area contributed by atoms with Gasteiger partial charge < -0.3 is 20.1 Å². The van der Waals surface area contributed by atoms with E-state index in [0.717, 1.165) is 18.5 Å². The van der Waals surface area contributed by atoms with Gasteiger partial charge in [0.1, 0.15) is 13.2 Å². The Morgan fingerprint density at radius 3 is 3.00 bits per heavy atom. The summed E-state index contributed by atoms with van der Waals surface area (Å²) in [6, 6.07) is 3.68. The van der Waals surface area contributed by atoms with Crippen LogP contribution in [0.4, 0.5) is 4.79 Å². The molecule has 8 heteroatoms. The fourth-order valence-corrected chi connectivity index (χ4v) is 2.70. The van der Waals surface area contributed by atoms with E-state index in [9.17, 15) is 4.79 Å². The zero-order valence-electron chi connectivity index (χ0n) is 12.1. The van der Waals surface area contributed by atoms with Crippen molar-refractivity contribution in [1.29, 1.82) is 0 Å². The molecule has 2 aliphatic heterocycles. The van der Waals surface area contributed by atoms with E-state index in [4.69, 9.17) is 21.1 Å². The fraction of sp³-hybridized carbons (Fsp3) is 0.500. The number of amides is 2. The highest BCUT2D eigenvalue weighted by atomic mass is 35.5. The number of halogens is 1. The number of carbonyl (C=O) groups excluding carboxylic acids is 1. The molecule has 4 N–H and O–H groups in total. The molecule has 1 atom stereocenters. The summed E-state index contributed by atoms with van der Waals surface area (Å²) in [7, 11) is 0. The lowest BCUT2D eigenvalue weighted by molar-refractivity contribution is 0.171. The van der Waals surface area contributed by atoms with E-state index in [0.29, 0.717) is 42.8 Å². The van der Waals surface area contributed by atoms with Crippen LogP contribution in [0.25, 0.3) is 0 Å². The molecule has 3 rings (SSSR count). The maximum absolute atomic E-state index is 11.8. The predicted molar refractivity (Wildman–Crippen MR) is 82.2 cm³/mol. The van der Waals surface area contributed by atoms with Crippen LogP contribution >= 0.6 is 11.6 Å². The zero-order valence-corrected chi connectivity index (χ0v) is 12.8. The number of ether oxygens (including phenoxy) is 2. The highest BCUT2D eigenvalue weighted by Crippen LogP contribution is 2.38. The Balaban J connectivity index is 1.50. The highest BCUT2D eigenvalue weighted by molar-refractivity contribution is 6.32. The first-order valence-electron chi connectivity index (χ1n) is 7.30. The smallest absolute Gasteiger partial charge is 0.315 e. The molecule has 22 heavy (non-hydrogen) atoms. The standard InChI is InChI=1S/C14H19ClN4O3/c15-11-5-9(6-12-13(11)22-4-3-21-12)7-16-14(20)17-8-10-1-2-18-19-10/h5-6,10,18-19H,1-4,7-8H2,(H2,16,17,20). The fourth-order valence-electron chi connectivity index (χ4n) is 2.42. The molecule has 7 nitrogen and oxygen atoms in total. The van der Waals surface area contributed by atoms with Crippen LogP contribution in [0.1, 0.15) is 12.0 Å². The van der Waals surface area contributed by atoms with Crippen molar-refractivity contribution >= 4 is 17.6 Å². The number of benzene rings is 1. The molecule has 1 unspecified atom stereocenters. The van der Waals surface area contributed by atoms with Crippen molar-refractivity contribution in [2.75, 3.05) is 26.3 Å². The lowest BCUT2D eigenvalue weighted by atomic mass is 10.2. The minimum absolute atomic E-state index is 0.209. The number of hydrogen-bond donors (Lipinski definition) is 4. The van der Waals surface area contributed by atoms with Gasteiger partial charge in [-0.2, -0.15) is 0 Å². The molecule has 0 spiro atoms. The van der Waals surface area contributed by atoms with E-state index in [1.54, 1.807) is 6.07 Å². The number of rotatable bonds is 4. The number of hydrogen-bond acceptors (Lipinski definition) is 5. The summed E-state index contributed by atoms with van der Waals surface area (Å²) >= 11 is 6.16. The normalized spacial score (nSPS) is 19.8. The SMILES string of the molecule is O=C(NCc1cc(Cl)c2c(c1)OCCO2)NCC1CCNN1. The summed E-state index contributed by atoms with van der Waals surface area (Å²) in [4.78, 5) is 11.8. The second-order valence-corrected chi connectivity index (χ2v) is 5.63. The monoisotopic (exact) mass is 326 g/mol. The molecule has 2 aliphatic rings. The summed E-state index contributed by atoms with van der Waals surface area (Å²) in [6.07, 6.45) is 0.998. The molecule has 0 bridgehead atoms. The summed E-state index contributed by atoms with van der Waals surface area (Å²) in [5.41, 5.74) is 6.98. The van der Waals surface area contributed by atoms with Crippen LogP contribution in [0.2, 0.25) is 5.02 Å². The molecule has 1 saturated heterocycles. The number of nitrogens with one attached hydrogen (secondary N) is 4. The minimum atomic E-state index is -0.209. The molecule has 0 saturated carbocycles. The van der Waals surface area contributed by atoms with E-state index >= 15 is 0 Å². The van der Waals surface area contributed by atoms with Gasteiger partial charge in [-0.3, -0.25) is 10.9 Å². The van der Waals surface area contributed by atoms with Gasteiger partial charge in [-0.05, 0) is 24.1 Å². The lowest BCUT2D eigenvalue weighted by Gasteiger charge is -2.20. The maximum Gasteiger partial charge on any atom is 0.315 e. The molecule has 0 aliphatic carbocycles. The topological polar surface area (TPSA) is 83.7 Å². The first kappa shape index (κ1) is 15.2. The third kappa shape index (κ3) is 3.73. The Kier molecular flexibility index (Phi) is 4.87. The van der Waals surface area contributed by atoms with Crippen LogP contribution in [0, 0.1) is 0 Å². The van der Waals surface area contributed by atoms with Crippen molar-refractivity contribution in [3.63, 3.8) is 0 Å². The van der Waals surface area contributed by atoms with Crippen molar-refractivity contribution < 1.29 is 14.3 Å². The molecular weight excluding hydrogens is 308 g/mol. The van der Waals surface area contributed by atoms with Gasteiger partial charge in [0.2, 0.25) is 0 Å². The van der Waals surface area contributed by atoms with Crippen molar-refractivity contribution in [2.24, 2.45) is 0 Å². The summed E-state index contributed by atoms with van der Waals surface area (Å²) in [5.74, 6) is 1.19. The van der Waals surface area contributed by atoms with Gasteiger partial charge in [-0.15, -0.1) is 0 Å². The van der Waals surface area contributed by atoms with Gasteiger partial charge in [0.15, 0.2) is 11.5 Å². The molecule has 0 radical (unpaired) electrons. The van der Waals surface area contributed by atoms with Crippen LogP contribution in [-0.4, -0.2) is 38.4 Å². The number of carbonyl (C=O) groups is 1. The van der Waals surface area contributed by atoms with Gasteiger partial charge in [-0.25, -0.2) is 4.79 Å². The largest absolute Gasteiger partial charge is 0.486 e. The van der Waals surface area contributed by atoms with Crippen LogP contribution in [0.15, 0.2) is 12.1 Å². The lowest BCUT2D eigenvalue weighted by Crippen LogP contribution is -2.43. The van der Waals surface area contributed by atoms with Crippen molar-refractivity contribution in [1.82, 2.24) is 21.5 Å². The molecule has 120 valence electrons. The second kappa shape index (κ2) is 7.04. The van der Waals surface area contributed by atoms with Gasteiger partial charge in [-0.1, -0.05) is 11.6 Å². The number of urea groups is 1. The number of fused-ring (bicyclic) bond motifs is 1. The van der Waals surface area contributed by atoms with Gasteiger partial charge in [0.25, 0.3) is 0 Å². The molecule has 2 amide bonds. The third-order valence-corrected chi connectivity index (χ3v) is 3.82. The second-order valence-electron chi connectivity index (χ2n) is 5.22. The van der Waals surface area contributed by atoms with Crippen LogP contribution < -0.4 is 31.0 Å². The summed E-state index contributed by atoms with van der Waals surface area (Å²) in [5, 5.41) is 6.13. The van der Waals surface area contributed by atoms with E-state index in [1.807, 2.05) is 6.07 Å². The van der Waals surface area contributed by atoms with Gasteiger partial charge in [0.05, 0.1) is 5.02 Å². The minimum Gasteiger partial charge on any atom is -0.486 e. The Morgan fingerprint density at radius 1 is 1.32 bits per heavy atom. The Bertz CT molecular complexity index is 549. The Labute approximate surface area is 133 Å². The first-order chi connectivity index (χ1) is 10.7. The van der Waals surface area contributed by atoms with Crippen LogP contribution in [0.5, 0.6) is 11.5 Å². The van der Waals surface area contributed by atoms with Crippen LogP contribution in [0.3, 0.4) is 0 Å². The van der Waals surface area contributed by atoms with Crippen molar-refractivity contribution in [3.8, 4) is 11.5 Å². The Morgan fingerprint density at radius 2 is 2.18 bits per heavy atom. The molecule has 2 heterocycles. The van der Waals surface area contributed by atoms with Gasteiger partial charge >= 0.3 is 6.03 Å². The van der Waals surface area contributed by atoms with Gasteiger partial charge in [0, 0.05) is 25.7 Å². The zero-order chi connectivity index (χ0) is 15.4. The van der Waals surface area contributed by atoms with Crippen LogP contribution in [-0.2, 0) is 6.54 Å². The molecule has 1 fully saturated rings. The van der Waals surface area contributed by atoms with E-state index in [1.165, 1.54) is 0 Å². The van der Waals surface area contributed by atoms with E-state index in [2.05, 4.69) is 21.5 Å². The van der Waals surface area contributed by atoms with E-state index in [-0.39, 0.29) is 12.1 Å². The predicted octanol–water partition coefficient (Wildman–Crippen LogP) is 0.777. The summed E-state index contributed by atoms with van der Waals surface area (Å²) in [6.45, 7) is 2.88. The van der Waals surface area contributed by atoms with Crippen molar-refractivity contribution in [2.45, 2.75) is 19.0 Å². The highest BCUT2D eigenvalue weighted by Gasteiger charge is 2.17. The average molecular weight is 327 g/mol. The van der Waals surface area contributed by atoms with E-state index < -0.39 is 0 Å².